The van der Waals surface area contributed by atoms with Gasteiger partial charge in [-0.2, -0.15) is 0 Å². The third-order valence-corrected chi connectivity index (χ3v) is 9.21. The van der Waals surface area contributed by atoms with Crippen molar-refractivity contribution in [1.29, 1.82) is 0 Å². The van der Waals surface area contributed by atoms with Gasteiger partial charge in [-0.1, -0.05) is 115 Å². The summed E-state index contributed by atoms with van der Waals surface area (Å²) in [5, 5.41) is 5.78. The Labute approximate surface area is 183 Å². The largest absolute Gasteiger partial charge is 0.398 e. The second-order valence-electron chi connectivity index (χ2n) is 7.46. The molecule has 3 heteroatoms. The van der Waals surface area contributed by atoms with Gasteiger partial charge in [0.15, 0.2) is 0 Å². The van der Waals surface area contributed by atoms with Crippen LogP contribution in [-0.4, -0.2) is 0 Å². The maximum Gasteiger partial charge on any atom is 0.0724 e. The van der Waals surface area contributed by atoms with E-state index in [0.717, 1.165) is 22.1 Å². The lowest BCUT2D eigenvalue weighted by Gasteiger charge is -2.27. The highest BCUT2D eigenvalue weighted by Crippen LogP contribution is 2.50. The molecule has 0 aromatic heterocycles. The van der Waals surface area contributed by atoms with E-state index in [-0.39, 0.29) is 0 Å². The van der Waals surface area contributed by atoms with Crippen molar-refractivity contribution in [2.24, 2.45) is 4.74 Å². The monoisotopic (exact) mass is 418 g/mol. The van der Waals surface area contributed by atoms with Crippen LogP contribution in [0.5, 0.6) is 0 Å². The first kappa shape index (κ1) is 19.4. The fourth-order valence-corrected chi connectivity index (χ4v) is 7.69. The summed E-state index contributed by atoms with van der Waals surface area (Å²) in [7, 11) is -2.33. The van der Waals surface area contributed by atoms with Gasteiger partial charge in [0.05, 0.1) is 12.7 Å². The summed E-state index contributed by atoms with van der Waals surface area (Å²) in [4.78, 5) is 0. The van der Waals surface area contributed by atoms with E-state index in [1.54, 1.807) is 0 Å². The molecule has 0 atom stereocenters. The van der Waals surface area contributed by atoms with Crippen molar-refractivity contribution in [1.82, 2.24) is 0 Å². The van der Waals surface area contributed by atoms with Crippen molar-refractivity contribution in [2.75, 3.05) is 5.73 Å². The Morgan fingerprint density at radius 1 is 0.484 bits per heavy atom. The Morgan fingerprint density at radius 2 is 0.935 bits per heavy atom. The van der Waals surface area contributed by atoms with E-state index in [9.17, 15) is 0 Å². The first-order valence-corrected chi connectivity index (χ1v) is 12.1. The van der Waals surface area contributed by atoms with Crippen LogP contribution in [0.15, 0.2) is 132 Å². The van der Waals surface area contributed by atoms with E-state index in [2.05, 4.69) is 115 Å². The van der Waals surface area contributed by atoms with Gasteiger partial charge in [0.1, 0.15) is 0 Å². The van der Waals surface area contributed by atoms with Gasteiger partial charge in [-0.15, -0.1) is 0 Å². The zero-order chi connectivity index (χ0) is 21.1. The molecule has 5 aromatic carbocycles. The summed E-state index contributed by atoms with van der Waals surface area (Å²) in [6.45, 7) is 0. The lowest BCUT2D eigenvalue weighted by molar-refractivity contribution is 1.59. The van der Waals surface area contributed by atoms with Crippen molar-refractivity contribution >= 4 is 45.1 Å². The van der Waals surface area contributed by atoms with Crippen LogP contribution in [0.25, 0.3) is 10.8 Å². The molecule has 0 saturated carbocycles. The van der Waals surface area contributed by atoms with Gasteiger partial charge >= 0.3 is 0 Å². The second kappa shape index (κ2) is 8.26. The average molecular weight is 418 g/mol. The van der Waals surface area contributed by atoms with E-state index in [0.29, 0.717) is 0 Å². The van der Waals surface area contributed by atoms with Crippen molar-refractivity contribution in [2.45, 2.75) is 0 Å². The number of nitrogens with zero attached hydrogens (tertiary/aromatic N) is 1. The minimum Gasteiger partial charge on any atom is -0.398 e. The molecule has 0 amide bonds. The molecule has 2 nitrogen and oxygen atoms in total. The molecule has 0 radical (unpaired) electrons. The summed E-state index contributed by atoms with van der Waals surface area (Å²) in [6, 6.07) is 44.3. The molecule has 5 rings (SSSR count). The normalized spacial score (nSPS) is 11.4. The molecule has 0 spiro atoms. The molecule has 0 unspecified atom stereocenters. The van der Waals surface area contributed by atoms with Crippen LogP contribution in [-0.2, 0) is 0 Å². The predicted molar refractivity (Wildman–Crippen MR) is 136 cm³/mol. The third-order valence-electron chi connectivity index (χ3n) is 5.56. The van der Waals surface area contributed by atoms with Crippen molar-refractivity contribution in [3.8, 4) is 0 Å². The Morgan fingerprint density at radius 3 is 1.42 bits per heavy atom. The summed E-state index contributed by atoms with van der Waals surface area (Å²) in [5.41, 5.74) is 8.13. The average Bonchev–Trinajstić information content (AvgIpc) is 2.84. The molecule has 0 heterocycles. The molecule has 2 N–H and O–H groups in total. The number of rotatable bonds is 4. The minimum atomic E-state index is -2.33. The smallest absolute Gasteiger partial charge is 0.0724 e. The van der Waals surface area contributed by atoms with Crippen molar-refractivity contribution in [3.63, 3.8) is 0 Å². The first-order chi connectivity index (χ1) is 15.3. The summed E-state index contributed by atoms with van der Waals surface area (Å²) in [5.74, 6) is 0. The molecule has 0 bridgehead atoms. The molecule has 0 aliphatic heterocycles. The van der Waals surface area contributed by atoms with Crippen LogP contribution in [0.4, 0.5) is 11.4 Å². The number of benzene rings is 5. The van der Waals surface area contributed by atoms with E-state index in [4.69, 9.17) is 10.5 Å². The summed E-state index contributed by atoms with van der Waals surface area (Å²) in [6.07, 6.45) is 0. The molecule has 150 valence electrons. The number of nitrogens with two attached hydrogens (primary N) is 1. The van der Waals surface area contributed by atoms with E-state index < -0.39 is 7.05 Å². The highest BCUT2D eigenvalue weighted by molar-refractivity contribution is 7.87. The number of fused-ring (bicyclic) bond motifs is 1. The topological polar surface area (TPSA) is 38.4 Å². The van der Waals surface area contributed by atoms with Gasteiger partial charge < -0.3 is 5.73 Å². The Kier molecular flexibility index (Phi) is 5.16. The van der Waals surface area contributed by atoms with Crippen LogP contribution in [0.1, 0.15) is 0 Å². The van der Waals surface area contributed by atoms with E-state index in [1.807, 2.05) is 12.1 Å². The van der Waals surface area contributed by atoms with Gasteiger partial charge in [-0.3, -0.25) is 4.74 Å². The van der Waals surface area contributed by atoms with Crippen molar-refractivity contribution < 1.29 is 0 Å². The Balaban J connectivity index is 1.97. The fourth-order valence-electron chi connectivity index (χ4n) is 4.15. The zero-order valence-electron chi connectivity index (χ0n) is 17.1. The number of hydrogen-bond acceptors (Lipinski definition) is 2. The van der Waals surface area contributed by atoms with Crippen LogP contribution in [0, 0.1) is 0 Å². The van der Waals surface area contributed by atoms with Gasteiger partial charge in [-0.05, 0) is 17.5 Å². The van der Waals surface area contributed by atoms with Crippen LogP contribution >= 0.6 is 7.05 Å². The molecule has 0 aliphatic rings. The zero-order valence-corrected chi connectivity index (χ0v) is 18.0. The molecule has 5 aromatic rings. The predicted octanol–water partition coefficient (Wildman–Crippen LogP) is 6.23. The van der Waals surface area contributed by atoms with E-state index >= 15 is 0 Å². The summed E-state index contributed by atoms with van der Waals surface area (Å²) < 4.78 is 5.62. The summed E-state index contributed by atoms with van der Waals surface area (Å²) >= 11 is 0. The highest BCUT2D eigenvalue weighted by Gasteiger charge is 2.27. The highest BCUT2D eigenvalue weighted by atomic mass is 31.2. The quantitative estimate of drug-likeness (QED) is 0.273. The van der Waals surface area contributed by atoms with Crippen molar-refractivity contribution in [3.05, 3.63) is 127 Å². The molecular weight excluding hydrogens is 395 g/mol. The standard InChI is InChI=1S/C28H23N2P/c29-26-20-10-12-22-13-11-21-27(28(22)26)30-31(23-14-4-1-5-15-23,24-16-6-2-7-17-24)25-18-8-3-9-19-25/h1-21H,29H2. The fraction of sp³-hybridized carbons (Fsp3) is 0. The van der Waals surface area contributed by atoms with E-state index in [1.165, 1.54) is 15.9 Å². The SMILES string of the molecule is Nc1cccc2cccc(N=P(c3ccccc3)(c3ccccc3)c3ccccc3)c12. The van der Waals surface area contributed by atoms with Gasteiger partial charge in [0, 0.05) is 27.0 Å². The number of nitrogen functional groups attached to an aromatic ring is 1. The van der Waals surface area contributed by atoms with Gasteiger partial charge in [-0.25, -0.2) is 0 Å². The Bertz CT molecular complexity index is 1270. The lowest BCUT2D eigenvalue weighted by Crippen LogP contribution is -2.25. The molecule has 0 aliphatic carbocycles. The molecular formula is C28H23N2P. The minimum absolute atomic E-state index is 0.754. The molecule has 31 heavy (non-hydrogen) atoms. The first-order valence-electron chi connectivity index (χ1n) is 10.4. The van der Waals surface area contributed by atoms with Gasteiger partial charge in [0.25, 0.3) is 0 Å². The maximum atomic E-state index is 6.44. The molecule has 0 saturated heterocycles. The van der Waals surface area contributed by atoms with Crippen LogP contribution < -0.4 is 21.6 Å². The molecule has 0 fully saturated rings. The number of hydrogen-bond donors (Lipinski definition) is 1. The maximum absolute atomic E-state index is 6.44. The third kappa shape index (κ3) is 3.46. The van der Waals surface area contributed by atoms with Crippen LogP contribution in [0.2, 0.25) is 0 Å². The lowest BCUT2D eigenvalue weighted by atomic mass is 10.1. The Hall–Kier alpha value is -3.61. The number of anilines is 1. The van der Waals surface area contributed by atoms with Crippen LogP contribution in [0.3, 0.4) is 0 Å². The van der Waals surface area contributed by atoms with Gasteiger partial charge in [0.2, 0.25) is 0 Å². The second-order valence-corrected chi connectivity index (χ2v) is 10.5.